The molecule has 2 aliphatic rings. The second-order valence-electron chi connectivity index (χ2n) is 7.53. The third-order valence-electron chi connectivity index (χ3n) is 5.09. The third-order valence-corrected chi connectivity index (χ3v) is 5.09. The highest BCUT2D eigenvalue weighted by atomic mass is 16.5. The van der Waals surface area contributed by atoms with Crippen molar-refractivity contribution < 1.29 is 19.4 Å². The quantitative estimate of drug-likeness (QED) is 0.581. The van der Waals surface area contributed by atoms with E-state index in [2.05, 4.69) is 10.6 Å². The fourth-order valence-corrected chi connectivity index (χ4v) is 3.74. The van der Waals surface area contributed by atoms with E-state index in [0.29, 0.717) is 13.1 Å². The van der Waals surface area contributed by atoms with Crippen molar-refractivity contribution in [2.75, 3.05) is 33.8 Å². The predicted molar refractivity (Wildman–Crippen MR) is 95.1 cm³/mol. The fourth-order valence-electron chi connectivity index (χ4n) is 3.74. The van der Waals surface area contributed by atoms with Gasteiger partial charge < -0.3 is 25.4 Å². The molecule has 2 rings (SSSR count). The van der Waals surface area contributed by atoms with Crippen LogP contribution in [-0.4, -0.2) is 73.9 Å². The lowest BCUT2D eigenvalue weighted by Gasteiger charge is -2.36. The lowest BCUT2D eigenvalue weighted by atomic mass is 9.97. The first-order valence-electron chi connectivity index (χ1n) is 9.47. The molecule has 7 nitrogen and oxygen atoms in total. The Labute approximate surface area is 150 Å². The van der Waals surface area contributed by atoms with E-state index in [1.807, 2.05) is 19.0 Å². The number of rotatable bonds is 8. The van der Waals surface area contributed by atoms with Crippen molar-refractivity contribution in [3.8, 4) is 0 Å². The van der Waals surface area contributed by atoms with Crippen molar-refractivity contribution in [1.82, 2.24) is 15.5 Å². The van der Waals surface area contributed by atoms with Gasteiger partial charge in [-0.25, -0.2) is 0 Å². The molecule has 0 bridgehead atoms. The van der Waals surface area contributed by atoms with Crippen LogP contribution in [-0.2, 0) is 14.3 Å². The summed E-state index contributed by atoms with van der Waals surface area (Å²) in [7, 11) is 3.69. The number of hydrogen-bond acceptors (Lipinski definition) is 5. The maximum absolute atomic E-state index is 12.0. The molecule has 0 radical (unpaired) electrons. The van der Waals surface area contributed by atoms with Crippen LogP contribution in [0.1, 0.15) is 44.9 Å². The van der Waals surface area contributed by atoms with Crippen LogP contribution in [0.4, 0.5) is 0 Å². The van der Waals surface area contributed by atoms with E-state index in [1.165, 1.54) is 0 Å². The maximum Gasteiger partial charge on any atom is 0.234 e. The Morgan fingerprint density at radius 2 is 1.88 bits per heavy atom. The van der Waals surface area contributed by atoms with E-state index in [9.17, 15) is 14.7 Å². The summed E-state index contributed by atoms with van der Waals surface area (Å²) in [6, 6.07) is -0.151. The van der Waals surface area contributed by atoms with Crippen LogP contribution in [0.3, 0.4) is 0 Å². The van der Waals surface area contributed by atoms with Gasteiger partial charge in [0.05, 0.1) is 25.3 Å². The lowest BCUT2D eigenvalue weighted by Crippen LogP contribution is -2.52. The first kappa shape index (κ1) is 20.1. The minimum Gasteiger partial charge on any atom is -0.394 e. The summed E-state index contributed by atoms with van der Waals surface area (Å²) in [5.41, 5.74) is 0. The van der Waals surface area contributed by atoms with Crippen molar-refractivity contribution in [3.05, 3.63) is 0 Å². The van der Waals surface area contributed by atoms with Crippen LogP contribution in [0.2, 0.25) is 0 Å². The molecule has 7 heteroatoms. The van der Waals surface area contributed by atoms with E-state index in [1.54, 1.807) is 0 Å². The molecule has 3 atom stereocenters. The Hall–Kier alpha value is -1.18. The minimum atomic E-state index is -0.379. The van der Waals surface area contributed by atoms with Crippen molar-refractivity contribution in [2.24, 2.45) is 5.92 Å². The largest absolute Gasteiger partial charge is 0.394 e. The number of aliphatic hydroxyl groups excluding tert-OH is 1. The van der Waals surface area contributed by atoms with Crippen molar-refractivity contribution in [3.63, 3.8) is 0 Å². The summed E-state index contributed by atoms with van der Waals surface area (Å²) < 4.78 is 5.93. The second kappa shape index (κ2) is 10.1. The van der Waals surface area contributed by atoms with Gasteiger partial charge in [0.1, 0.15) is 6.10 Å². The molecule has 0 aromatic rings. The Kier molecular flexibility index (Phi) is 8.12. The Bertz CT molecular complexity index is 438. The normalized spacial score (nSPS) is 27.4. The Morgan fingerprint density at radius 1 is 1.16 bits per heavy atom. The number of carbonyl (C=O) groups excluding carboxylic acids is 2. The van der Waals surface area contributed by atoms with Gasteiger partial charge in [0.15, 0.2) is 0 Å². The molecule has 1 aliphatic heterocycles. The number of nitrogens with one attached hydrogen (secondary N) is 2. The average molecular weight is 355 g/mol. The highest BCUT2D eigenvalue weighted by Crippen LogP contribution is 2.25. The number of amides is 2. The van der Waals surface area contributed by atoms with E-state index in [0.717, 1.165) is 44.9 Å². The first-order valence-corrected chi connectivity index (χ1v) is 9.47. The molecule has 1 aliphatic carbocycles. The second-order valence-corrected chi connectivity index (χ2v) is 7.53. The fraction of sp³-hybridized carbons (Fsp3) is 0.889. The van der Waals surface area contributed by atoms with Gasteiger partial charge in [-0.2, -0.15) is 0 Å². The summed E-state index contributed by atoms with van der Waals surface area (Å²) in [4.78, 5) is 25.7. The third kappa shape index (κ3) is 6.56. The van der Waals surface area contributed by atoms with Gasteiger partial charge >= 0.3 is 0 Å². The highest BCUT2D eigenvalue weighted by Gasteiger charge is 2.32. The molecule has 25 heavy (non-hydrogen) atoms. The molecule has 0 unspecified atom stereocenters. The van der Waals surface area contributed by atoms with E-state index >= 15 is 0 Å². The molecular weight excluding hydrogens is 322 g/mol. The summed E-state index contributed by atoms with van der Waals surface area (Å²) >= 11 is 0. The Balaban J connectivity index is 1.69. The first-order chi connectivity index (χ1) is 12.0. The molecule has 3 N–H and O–H groups in total. The molecule has 0 spiro atoms. The van der Waals surface area contributed by atoms with Gasteiger partial charge in [-0.05, 0) is 46.2 Å². The summed E-state index contributed by atoms with van der Waals surface area (Å²) in [6.45, 7) is 0.818. The SMILES string of the molecule is CN(C)CC(=O)N[C@@H]1CC[C@@H](CCNC(=O)C2CCCC2)O[C@H]1CO. The molecule has 2 amide bonds. The van der Waals surface area contributed by atoms with Gasteiger partial charge in [0.25, 0.3) is 0 Å². The number of hydrogen-bond donors (Lipinski definition) is 3. The number of ether oxygens (including phenoxy) is 1. The van der Waals surface area contributed by atoms with Crippen molar-refractivity contribution in [1.29, 1.82) is 0 Å². The van der Waals surface area contributed by atoms with Crippen molar-refractivity contribution >= 4 is 11.8 Å². The van der Waals surface area contributed by atoms with Crippen molar-refractivity contribution in [2.45, 2.75) is 63.2 Å². The van der Waals surface area contributed by atoms with Gasteiger partial charge in [-0.3, -0.25) is 9.59 Å². The topological polar surface area (TPSA) is 90.9 Å². The number of carbonyl (C=O) groups is 2. The summed E-state index contributed by atoms with van der Waals surface area (Å²) in [5, 5.41) is 15.5. The van der Waals surface area contributed by atoms with Gasteiger partial charge in [0, 0.05) is 12.5 Å². The van der Waals surface area contributed by atoms with E-state index < -0.39 is 0 Å². The number of aliphatic hydroxyl groups is 1. The van der Waals surface area contributed by atoms with Gasteiger partial charge in [-0.15, -0.1) is 0 Å². The molecular formula is C18H33N3O4. The highest BCUT2D eigenvalue weighted by molar-refractivity contribution is 5.79. The smallest absolute Gasteiger partial charge is 0.234 e. The van der Waals surface area contributed by atoms with Crippen LogP contribution in [0, 0.1) is 5.92 Å². The molecule has 2 fully saturated rings. The number of likely N-dealkylation sites (N-methyl/N-ethyl adjacent to an activating group) is 1. The molecule has 0 aromatic carbocycles. The Morgan fingerprint density at radius 3 is 2.52 bits per heavy atom. The molecule has 1 saturated carbocycles. The van der Waals surface area contributed by atoms with Crippen LogP contribution in [0.15, 0.2) is 0 Å². The van der Waals surface area contributed by atoms with Crippen LogP contribution < -0.4 is 10.6 Å². The molecule has 0 aromatic heterocycles. The van der Waals surface area contributed by atoms with Gasteiger partial charge in [0.2, 0.25) is 11.8 Å². The summed E-state index contributed by atoms with van der Waals surface area (Å²) in [6.07, 6.45) is 6.31. The summed E-state index contributed by atoms with van der Waals surface area (Å²) in [5.74, 6) is 0.300. The van der Waals surface area contributed by atoms with E-state index in [4.69, 9.17) is 4.74 Å². The van der Waals surface area contributed by atoms with Gasteiger partial charge in [-0.1, -0.05) is 12.8 Å². The molecule has 144 valence electrons. The lowest BCUT2D eigenvalue weighted by molar-refractivity contribution is -0.130. The predicted octanol–water partition coefficient (Wildman–Crippen LogP) is 0.269. The van der Waals surface area contributed by atoms with Crippen LogP contribution in [0.25, 0.3) is 0 Å². The van der Waals surface area contributed by atoms with E-state index in [-0.39, 0.29) is 42.6 Å². The van der Waals surface area contributed by atoms with Crippen LogP contribution in [0.5, 0.6) is 0 Å². The number of nitrogens with zero attached hydrogens (tertiary/aromatic N) is 1. The minimum absolute atomic E-state index is 0.0167. The van der Waals surface area contributed by atoms with Crippen LogP contribution >= 0.6 is 0 Å². The standard InChI is InChI=1S/C18H33N3O4/c1-21(2)11-17(23)20-15-8-7-14(25-16(15)12-22)9-10-19-18(24)13-5-3-4-6-13/h13-16,22H,3-12H2,1-2H3,(H,19,24)(H,20,23)/t14-,15+,16-/m0/s1. The monoisotopic (exact) mass is 355 g/mol. The zero-order valence-electron chi connectivity index (χ0n) is 15.5. The zero-order valence-corrected chi connectivity index (χ0v) is 15.5. The molecule has 1 saturated heterocycles. The zero-order chi connectivity index (χ0) is 18.2. The molecule has 1 heterocycles. The maximum atomic E-state index is 12.0. The average Bonchev–Trinajstić information content (AvgIpc) is 3.09.